The Balaban J connectivity index is 2.04. The van der Waals surface area contributed by atoms with Crippen LogP contribution in [-0.4, -0.2) is 31.9 Å². The topological polar surface area (TPSA) is 69.7 Å². The Bertz CT molecular complexity index is 1020. The number of benzene rings is 1. The normalized spacial score (nSPS) is 10.8. The van der Waals surface area contributed by atoms with Gasteiger partial charge in [0.25, 0.3) is 0 Å². The van der Waals surface area contributed by atoms with Crippen LogP contribution in [0.25, 0.3) is 11.1 Å². The van der Waals surface area contributed by atoms with Gasteiger partial charge in [-0.25, -0.2) is 0 Å². The molecule has 0 fully saturated rings. The summed E-state index contributed by atoms with van der Waals surface area (Å²) in [6.45, 7) is 1.91. The quantitative estimate of drug-likeness (QED) is 0.335. The van der Waals surface area contributed by atoms with E-state index in [2.05, 4.69) is 0 Å². The van der Waals surface area contributed by atoms with Crippen molar-refractivity contribution in [2.75, 3.05) is 14.2 Å². The van der Waals surface area contributed by atoms with Crippen LogP contribution in [0.2, 0.25) is 0 Å². The van der Waals surface area contributed by atoms with Crippen molar-refractivity contribution in [1.82, 2.24) is 0 Å². The average Bonchev–Trinajstić information content (AvgIpc) is 2.91. The van der Waals surface area contributed by atoms with Crippen LogP contribution in [0.15, 0.2) is 60.7 Å². The summed E-state index contributed by atoms with van der Waals surface area (Å²) in [5, 5.41) is 0. The fraction of sp³-hybridized carbons (Fsp3) is 0.240. The molecule has 2 aliphatic carbocycles. The van der Waals surface area contributed by atoms with E-state index in [9.17, 15) is 14.4 Å². The van der Waals surface area contributed by atoms with Gasteiger partial charge in [-0.1, -0.05) is 60.7 Å². The smallest absolute Gasteiger partial charge is 0.320 e. The number of rotatable bonds is 7. The van der Waals surface area contributed by atoms with E-state index < -0.39 is 17.9 Å². The molecule has 5 nitrogen and oxygen atoms in total. The molecule has 0 radical (unpaired) electrons. The van der Waals surface area contributed by atoms with Gasteiger partial charge in [0.2, 0.25) is 0 Å². The number of hydrogen-bond acceptors (Lipinski definition) is 5. The fourth-order valence-corrected chi connectivity index (χ4v) is 3.84. The Morgan fingerprint density at radius 3 is 1.90 bits per heavy atom. The van der Waals surface area contributed by atoms with Crippen LogP contribution >= 0.6 is 0 Å². The Hall–Kier alpha value is -3.47. The molecule has 0 saturated heterocycles. The third-order valence-corrected chi connectivity index (χ3v) is 5.38. The fourth-order valence-electron chi connectivity index (χ4n) is 3.84. The van der Waals surface area contributed by atoms with Crippen LogP contribution < -0.4 is 0 Å². The van der Waals surface area contributed by atoms with Crippen LogP contribution in [0.4, 0.5) is 0 Å². The summed E-state index contributed by atoms with van der Waals surface area (Å²) in [5.41, 5.74) is 4.86. The average molecular weight is 404 g/mol. The molecule has 0 saturated carbocycles. The van der Waals surface area contributed by atoms with Crippen molar-refractivity contribution < 1.29 is 23.9 Å². The summed E-state index contributed by atoms with van der Waals surface area (Å²) in [6.07, 6.45) is 0.667. The zero-order valence-corrected chi connectivity index (χ0v) is 17.3. The van der Waals surface area contributed by atoms with Crippen molar-refractivity contribution in [3.05, 3.63) is 82.9 Å². The van der Waals surface area contributed by atoms with E-state index in [1.54, 1.807) is 12.1 Å². The summed E-state index contributed by atoms with van der Waals surface area (Å²) in [6, 6.07) is 18.8. The lowest BCUT2D eigenvalue weighted by Gasteiger charge is -2.13. The maximum absolute atomic E-state index is 13.3. The molecule has 0 heterocycles. The molecule has 0 atom stereocenters. The molecular weight excluding hydrogens is 380 g/mol. The highest BCUT2D eigenvalue weighted by molar-refractivity contribution is 6.15. The maximum atomic E-state index is 13.3. The third kappa shape index (κ3) is 4.10. The second-order valence-electron chi connectivity index (χ2n) is 7.05. The molecule has 2 aliphatic rings. The number of fused-ring (bicyclic) bond motifs is 1. The first-order chi connectivity index (χ1) is 14.5. The molecule has 3 rings (SSSR count). The first kappa shape index (κ1) is 21.2. The van der Waals surface area contributed by atoms with E-state index in [4.69, 9.17) is 9.47 Å². The Morgan fingerprint density at radius 1 is 0.800 bits per heavy atom. The number of ketones is 1. The number of esters is 2. The number of ether oxygens (including phenoxy) is 2. The molecule has 0 amide bonds. The first-order valence-corrected chi connectivity index (χ1v) is 9.75. The Labute approximate surface area is 176 Å². The largest absolute Gasteiger partial charge is 0.468 e. The molecule has 0 bridgehead atoms. The highest BCUT2D eigenvalue weighted by Crippen LogP contribution is 2.38. The third-order valence-electron chi connectivity index (χ3n) is 5.38. The minimum absolute atomic E-state index is 0.0481. The van der Waals surface area contributed by atoms with Crippen LogP contribution in [0.5, 0.6) is 0 Å². The van der Waals surface area contributed by atoms with Gasteiger partial charge in [-0.15, -0.1) is 0 Å². The van der Waals surface area contributed by atoms with Crippen molar-refractivity contribution in [3.63, 3.8) is 0 Å². The predicted molar refractivity (Wildman–Crippen MR) is 114 cm³/mol. The predicted octanol–water partition coefficient (Wildman–Crippen LogP) is 4.23. The Morgan fingerprint density at radius 2 is 1.33 bits per heavy atom. The second-order valence-corrected chi connectivity index (χ2v) is 7.05. The molecule has 0 aliphatic heterocycles. The van der Waals surface area contributed by atoms with Gasteiger partial charge in [-0.05, 0) is 42.0 Å². The maximum Gasteiger partial charge on any atom is 0.320 e. The van der Waals surface area contributed by atoms with Crippen molar-refractivity contribution in [3.8, 4) is 11.1 Å². The standard InChI is InChI=1S/C25H24O5/c1-16-18(14-15-21(24(27)29-2)25(28)30-3)19-12-8-5-9-13-20(19)22(16)23(26)17-10-6-4-7-11-17/h4-13,21H,14-15H2,1-3H3. The van der Waals surface area contributed by atoms with Gasteiger partial charge in [-0.2, -0.15) is 0 Å². The summed E-state index contributed by atoms with van der Waals surface area (Å²) >= 11 is 0. The molecule has 0 aromatic heterocycles. The van der Waals surface area contributed by atoms with Crippen molar-refractivity contribution >= 4 is 17.7 Å². The van der Waals surface area contributed by atoms with E-state index in [1.807, 2.05) is 55.5 Å². The highest BCUT2D eigenvalue weighted by atomic mass is 16.5. The molecule has 1 aromatic carbocycles. The number of carbonyl (C=O) groups excluding carboxylic acids is 3. The van der Waals surface area contributed by atoms with Gasteiger partial charge in [0.05, 0.1) is 14.2 Å². The number of hydrogen-bond donors (Lipinski definition) is 0. The van der Waals surface area contributed by atoms with Crippen molar-refractivity contribution in [2.24, 2.45) is 5.92 Å². The lowest BCUT2D eigenvalue weighted by molar-refractivity contribution is -0.159. The van der Waals surface area contributed by atoms with E-state index in [0.29, 0.717) is 17.5 Å². The monoisotopic (exact) mass is 404 g/mol. The minimum atomic E-state index is -1.00. The highest BCUT2D eigenvalue weighted by Gasteiger charge is 2.31. The van der Waals surface area contributed by atoms with Gasteiger partial charge < -0.3 is 9.47 Å². The summed E-state index contributed by atoms with van der Waals surface area (Å²) in [7, 11) is 2.50. The zero-order chi connectivity index (χ0) is 21.7. The summed E-state index contributed by atoms with van der Waals surface area (Å²) in [4.78, 5) is 37.4. The lowest BCUT2D eigenvalue weighted by atomic mass is 9.96. The minimum Gasteiger partial charge on any atom is -0.468 e. The summed E-state index contributed by atoms with van der Waals surface area (Å²) < 4.78 is 9.53. The van der Waals surface area contributed by atoms with E-state index >= 15 is 0 Å². The molecule has 0 N–H and O–H groups in total. The van der Waals surface area contributed by atoms with E-state index in [0.717, 1.165) is 22.3 Å². The van der Waals surface area contributed by atoms with E-state index in [-0.39, 0.29) is 12.2 Å². The zero-order valence-electron chi connectivity index (χ0n) is 17.3. The molecule has 0 unspecified atom stereocenters. The Kier molecular flexibility index (Phi) is 6.62. The molecule has 0 spiro atoms. The van der Waals surface area contributed by atoms with Gasteiger partial charge in [0.1, 0.15) is 0 Å². The first-order valence-electron chi connectivity index (χ1n) is 9.75. The van der Waals surface area contributed by atoms with E-state index in [1.165, 1.54) is 14.2 Å². The van der Waals surface area contributed by atoms with Crippen molar-refractivity contribution in [2.45, 2.75) is 19.8 Å². The van der Waals surface area contributed by atoms with Gasteiger partial charge in [-0.3, -0.25) is 14.4 Å². The molecular formula is C25H24O5. The van der Waals surface area contributed by atoms with Gasteiger partial charge in [0, 0.05) is 11.1 Å². The van der Waals surface area contributed by atoms with Crippen LogP contribution in [0.1, 0.15) is 33.5 Å². The van der Waals surface area contributed by atoms with Crippen molar-refractivity contribution in [1.29, 1.82) is 0 Å². The second kappa shape index (κ2) is 9.35. The van der Waals surface area contributed by atoms with Gasteiger partial charge >= 0.3 is 11.9 Å². The number of methoxy groups -OCH3 is 2. The molecule has 5 heteroatoms. The summed E-state index contributed by atoms with van der Waals surface area (Å²) in [5.74, 6) is -2.30. The van der Waals surface area contributed by atoms with Crippen LogP contribution in [0, 0.1) is 12.8 Å². The SMILES string of the molecule is COC(=O)C(CCc1c2cccccc-2c(C(=O)c2ccccc2)c1C)C(=O)OC. The lowest BCUT2D eigenvalue weighted by Crippen LogP contribution is -2.27. The number of carbonyl (C=O) groups is 3. The van der Waals surface area contributed by atoms with Crippen LogP contribution in [0.3, 0.4) is 0 Å². The van der Waals surface area contributed by atoms with Crippen LogP contribution in [-0.2, 0) is 25.5 Å². The molecule has 154 valence electrons. The van der Waals surface area contributed by atoms with Gasteiger partial charge in [0.15, 0.2) is 11.7 Å². The molecule has 30 heavy (non-hydrogen) atoms. The molecule has 1 aromatic rings.